The first-order chi connectivity index (χ1) is 9.47. The van der Waals surface area contributed by atoms with Crippen LogP contribution in [-0.2, 0) is 0 Å². The molecule has 2 heterocycles. The van der Waals surface area contributed by atoms with Gasteiger partial charge in [0.25, 0.3) is 0 Å². The van der Waals surface area contributed by atoms with E-state index in [9.17, 15) is 9.90 Å². The lowest BCUT2D eigenvalue weighted by atomic mass is 10.1. The van der Waals surface area contributed by atoms with Crippen LogP contribution in [0, 0.1) is 20.8 Å². The van der Waals surface area contributed by atoms with Crippen LogP contribution in [0.1, 0.15) is 16.3 Å². The van der Waals surface area contributed by atoms with E-state index in [1.165, 1.54) is 11.3 Å². The molecule has 0 aliphatic carbocycles. The van der Waals surface area contributed by atoms with E-state index in [1.54, 1.807) is 19.1 Å². The van der Waals surface area contributed by atoms with Gasteiger partial charge in [-0.3, -0.25) is 4.79 Å². The van der Waals surface area contributed by atoms with Gasteiger partial charge in [-0.2, -0.15) is 0 Å². The number of phenols is 1. The standard InChI is InChI=1S/C15H13NO3S/c1-7-4-11(17)14-12(5-7)19-8(2)13(15(14)18)10-6-20-9(3)16-10/h4-6,17H,1-3H3. The Bertz CT molecular complexity index is 877. The average molecular weight is 287 g/mol. The first-order valence-corrected chi connectivity index (χ1v) is 7.05. The van der Waals surface area contributed by atoms with Gasteiger partial charge in [0.2, 0.25) is 5.43 Å². The minimum atomic E-state index is -0.244. The summed E-state index contributed by atoms with van der Waals surface area (Å²) in [6.07, 6.45) is 0. The smallest absolute Gasteiger partial charge is 0.206 e. The van der Waals surface area contributed by atoms with Crippen LogP contribution in [0.4, 0.5) is 0 Å². The van der Waals surface area contributed by atoms with Crippen molar-refractivity contribution >= 4 is 22.3 Å². The van der Waals surface area contributed by atoms with Crippen molar-refractivity contribution in [1.82, 2.24) is 4.98 Å². The number of rotatable bonds is 1. The Hall–Kier alpha value is -2.14. The maximum absolute atomic E-state index is 12.6. The van der Waals surface area contributed by atoms with Crippen LogP contribution in [0.3, 0.4) is 0 Å². The Morgan fingerprint density at radius 1 is 1.25 bits per heavy atom. The van der Waals surface area contributed by atoms with E-state index in [2.05, 4.69) is 4.98 Å². The van der Waals surface area contributed by atoms with Crippen molar-refractivity contribution in [2.75, 3.05) is 0 Å². The zero-order valence-electron chi connectivity index (χ0n) is 11.4. The number of fused-ring (bicyclic) bond motifs is 1. The largest absolute Gasteiger partial charge is 0.507 e. The highest BCUT2D eigenvalue weighted by Crippen LogP contribution is 2.29. The fourth-order valence-electron chi connectivity index (χ4n) is 2.32. The molecule has 0 saturated heterocycles. The minimum Gasteiger partial charge on any atom is -0.507 e. The number of aryl methyl sites for hydroxylation is 3. The van der Waals surface area contributed by atoms with Gasteiger partial charge in [-0.15, -0.1) is 11.3 Å². The lowest BCUT2D eigenvalue weighted by Crippen LogP contribution is -2.08. The van der Waals surface area contributed by atoms with E-state index in [-0.39, 0.29) is 16.6 Å². The molecule has 2 aromatic heterocycles. The topological polar surface area (TPSA) is 63.3 Å². The second kappa shape index (κ2) is 4.45. The Morgan fingerprint density at radius 2 is 2.00 bits per heavy atom. The van der Waals surface area contributed by atoms with Gasteiger partial charge in [0.05, 0.1) is 16.3 Å². The van der Waals surface area contributed by atoms with E-state index < -0.39 is 0 Å². The van der Waals surface area contributed by atoms with E-state index in [0.717, 1.165) is 10.6 Å². The molecule has 102 valence electrons. The highest BCUT2D eigenvalue weighted by atomic mass is 32.1. The lowest BCUT2D eigenvalue weighted by Gasteiger charge is -2.07. The van der Waals surface area contributed by atoms with Crippen LogP contribution < -0.4 is 5.43 Å². The fourth-order valence-corrected chi connectivity index (χ4v) is 2.92. The molecule has 5 heteroatoms. The maximum Gasteiger partial charge on any atom is 0.206 e. The number of hydrogen-bond donors (Lipinski definition) is 1. The number of nitrogens with zero attached hydrogens (tertiary/aromatic N) is 1. The molecule has 0 aliphatic heterocycles. The van der Waals surface area contributed by atoms with Crippen LogP contribution in [0.2, 0.25) is 0 Å². The molecule has 0 spiro atoms. The van der Waals surface area contributed by atoms with E-state index in [4.69, 9.17) is 4.42 Å². The highest BCUT2D eigenvalue weighted by Gasteiger charge is 2.18. The third-order valence-corrected chi connectivity index (χ3v) is 3.94. The Morgan fingerprint density at radius 3 is 2.65 bits per heavy atom. The highest BCUT2D eigenvalue weighted by molar-refractivity contribution is 7.09. The summed E-state index contributed by atoms with van der Waals surface area (Å²) in [6, 6.07) is 3.31. The number of phenolic OH excluding ortho intramolecular Hbond substituents is 1. The van der Waals surface area contributed by atoms with Crippen molar-refractivity contribution in [3.63, 3.8) is 0 Å². The van der Waals surface area contributed by atoms with Crippen LogP contribution in [-0.4, -0.2) is 10.1 Å². The van der Waals surface area contributed by atoms with Crippen molar-refractivity contribution in [2.45, 2.75) is 20.8 Å². The average Bonchev–Trinajstić information content (AvgIpc) is 2.73. The first kappa shape index (κ1) is 12.9. The third kappa shape index (κ3) is 1.91. The normalized spacial score (nSPS) is 11.2. The molecule has 20 heavy (non-hydrogen) atoms. The summed E-state index contributed by atoms with van der Waals surface area (Å²) in [5.74, 6) is 0.458. The zero-order valence-corrected chi connectivity index (χ0v) is 12.2. The van der Waals surface area contributed by atoms with Crippen LogP contribution in [0.5, 0.6) is 5.75 Å². The van der Waals surface area contributed by atoms with Gasteiger partial charge in [0.15, 0.2) is 0 Å². The minimum absolute atomic E-state index is 0.0537. The van der Waals surface area contributed by atoms with Crippen molar-refractivity contribution in [2.24, 2.45) is 0 Å². The monoisotopic (exact) mass is 287 g/mol. The van der Waals surface area contributed by atoms with Crippen LogP contribution >= 0.6 is 11.3 Å². The molecule has 0 atom stereocenters. The van der Waals surface area contributed by atoms with Gasteiger partial charge in [-0.25, -0.2) is 4.98 Å². The predicted molar refractivity (Wildman–Crippen MR) is 79.5 cm³/mol. The number of benzene rings is 1. The molecular formula is C15H13NO3S. The number of thiazole rings is 1. The second-order valence-corrected chi connectivity index (χ2v) is 5.83. The number of aromatic nitrogens is 1. The molecule has 1 aromatic carbocycles. The Balaban J connectivity index is 2.43. The summed E-state index contributed by atoms with van der Waals surface area (Å²) in [6.45, 7) is 5.46. The van der Waals surface area contributed by atoms with Crippen molar-refractivity contribution in [3.8, 4) is 17.0 Å². The quantitative estimate of drug-likeness (QED) is 0.743. The Labute approximate surface area is 119 Å². The molecule has 3 aromatic rings. The van der Waals surface area contributed by atoms with Gasteiger partial charge in [-0.1, -0.05) is 0 Å². The predicted octanol–water partition coefficient (Wildman–Crippen LogP) is 3.55. The summed E-state index contributed by atoms with van der Waals surface area (Å²) < 4.78 is 5.70. The summed E-state index contributed by atoms with van der Waals surface area (Å²) in [4.78, 5) is 17.0. The lowest BCUT2D eigenvalue weighted by molar-refractivity contribution is 0.478. The number of aromatic hydroxyl groups is 1. The molecule has 4 nitrogen and oxygen atoms in total. The van der Waals surface area contributed by atoms with Crippen molar-refractivity contribution in [3.05, 3.63) is 44.1 Å². The molecule has 0 amide bonds. The molecule has 0 unspecified atom stereocenters. The molecule has 0 radical (unpaired) electrons. The number of hydrogen-bond acceptors (Lipinski definition) is 5. The molecular weight excluding hydrogens is 274 g/mol. The maximum atomic E-state index is 12.6. The summed E-state index contributed by atoms with van der Waals surface area (Å²) >= 11 is 1.47. The first-order valence-electron chi connectivity index (χ1n) is 6.17. The van der Waals surface area contributed by atoms with Gasteiger partial charge < -0.3 is 9.52 Å². The molecule has 3 rings (SSSR count). The molecule has 0 bridgehead atoms. The van der Waals surface area contributed by atoms with E-state index in [1.807, 2.05) is 19.2 Å². The summed E-state index contributed by atoms with van der Waals surface area (Å²) in [5, 5.41) is 12.9. The second-order valence-electron chi connectivity index (χ2n) is 4.77. The van der Waals surface area contributed by atoms with Crippen LogP contribution in [0.15, 0.2) is 26.7 Å². The molecule has 0 saturated carbocycles. The van der Waals surface area contributed by atoms with Gasteiger partial charge in [0, 0.05) is 5.38 Å². The van der Waals surface area contributed by atoms with Gasteiger partial charge in [0.1, 0.15) is 22.5 Å². The molecule has 1 N–H and O–H groups in total. The third-order valence-electron chi connectivity index (χ3n) is 3.17. The van der Waals surface area contributed by atoms with Gasteiger partial charge in [-0.05, 0) is 38.5 Å². The summed E-state index contributed by atoms with van der Waals surface area (Å²) in [7, 11) is 0. The molecule has 0 aliphatic rings. The van der Waals surface area contributed by atoms with Crippen molar-refractivity contribution in [1.29, 1.82) is 0 Å². The van der Waals surface area contributed by atoms with E-state index >= 15 is 0 Å². The van der Waals surface area contributed by atoms with Gasteiger partial charge >= 0.3 is 0 Å². The van der Waals surface area contributed by atoms with Crippen molar-refractivity contribution < 1.29 is 9.52 Å². The Kier molecular flexibility index (Phi) is 2.87. The van der Waals surface area contributed by atoms with E-state index in [0.29, 0.717) is 22.6 Å². The summed E-state index contributed by atoms with van der Waals surface area (Å²) in [5.41, 5.74) is 2.02. The SMILES string of the molecule is Cc1cc(O)c2c(=O)c(-c3csc(C)n3)c(C)oc2c1. The zero-order chi connectivity index (χ0) is 14.4. The molecule has 0 fully saturated rings. The fraction of sp³-hybridized carbons (Fsp3) is 0.200. The van der Waals surface area contributed by atoms with Crippen LogP contribution in [0.25, 0.3) is 22.2 Å².